The maximum atomic E-state index is 13.6. The predicted octanol–water partition coefficient (Wildman–Crippen LogP) is 4.01. The van der Waals surface area contributed by atoms with Gasteiger partial charge >= 0.3 is 5.97 Å². The van der Waals surface area contributed by atoms with Crippen LogP contribution in [-0.4, -0.2) is 17.8 Å². The van der Waals surface area contributed by atoms with E-state index in [4.69, 9.17) is 4.74 Å². The summed E-state index contributed by atoms with van der Waals surface area (Å²) in [6, 6.07) is 22.9. The largest absolute Gasteiger partial charge is 0.427 e. The number of carbonyl (C=O) groups is 3. The molecule has 1 aliphatic heterocycles. The molecule has 7 rings (SSSR count). The van der Waals surface area contributed by atoms with Gasteiger partial charge in [0, 0.05) is 18.8 Å². The van der Waals surface area contributed by atoms with Crippen molar-refractivity contribution in [1.29, 1.82) is 0 Å². The third-order valence-electron chi connectivity index (χ3n) is 6.80. The van der Waals surface area contributed by atoms with Crippen LogP contribution in [0, 0.1) is 11.8 Å². The van der Waals surface area contributed by atoms with E-state index in [-0.39, 0.29) is 23.7 Å². The molecule has 0 saturated carbocycles. The minimum atomic E-state index is -0.417. The topological polar surface area (TPSA) is 63.7 Å². The van der Waals surface area contributed by atoms with Crippen LogP contribution < -0.4 is 9.64 Å². The van der Waals surface area contributed by atoms with Gasteiger partial charge in [-0.05, 0) is 46.5 Å². The second kappa shape index (κ2) is 6.38. The quantitative estimate of drug-likeness (QED) is 0.365. The Balaban J connectivity index is 1.46. The zero-order chi connectivity index (χ0) is 21.3. The molecule has 2 amide bonds. The number of benzene rings is 3. The molecule has 0 radical (unpaired) electrons. The van der Waals surface area contributed by atoms with Crippen molar-refractivity contribution >= 4 is 23.5 Å². The molecule has 1 saturated heterocycles. The average Bonchev–Trinajstić information content (AvgIpc) is 3.05. The zero-order valence-electron chi connectivity index (χ0n) is 16.8. The Kier molecular flexibility index (Phi) is 3.72. The van der Waals surface area contributed by atoms with Crippen molar-refractivity contribution in [3.8, 4) is 5.75 Å². The highest BCUT2D eigenvalue weighted by Gasteiger charge is 2.61. The third-order valence-corrected chi connectivity index (χ3v) is 6.80. The SMILES string of the molecule is CC(=O)Oc1ccc(N2C(=O)[C@H]3C4c5ccccc5C(c5ccccc54)[C@@H]3C2=O)cc1. The van der Waals surface area contributed by atoms with Crippen molar-refractivity contribution in [1.82, 2.24) is 0 Å². The Bertz CT molecular complexity index is 1150. The number of anilines is 1. The lowest BCUT2D eigenvalue weighted by Crippen LogP contribution is -2.41. The van der Waals surface area contributed by atoms with E-state index in [1.807, 2.05) is 24.3 Å². The van der Waals surface area contributed by atoms with Gasteiger partial charge in [0.15, 0.2) is 0 Å². The second-order valence-electron chi connectivity index (χ2n) is 8.36. The smallest absolute Gasteiger partial charge is 0.308 e. The first-order valence-corrected chi connectivity index (χ1v) is 10.4. The van der Waals surface area contributed by atoms with E-state index in [2.05, 4.69) is 24.3 Å². The number of hydrogen-bond donors (Lipinski definition) is 0. The van der Waals surface area contributed by atoms with Crippen LogP contribution in [0.15, 0.2) is 72.8 Å². The van der Waals surface area contributed by atoms with E-state index in [0.29, 0.717) is 11.4 Å². The number of carbonyl (C=O) groups excluding carboxylic acids is 3. The van der Waals surface area contributed by atoms with E-state index in [9.17, 15) is 14.4 Å². The van der Waals surface area contributed by atoms with Gasteiger partial charge in [-0.3, -0.25) is 14.4 Å². The normalized spacial score (nSPS) is 25.1. The van der Waals surface area contributed by atoms with Crippen LogP contribution in [0.2, 0.25) is 0 Å². The number of ether oxygens (including phenoxy) is 1. The van der Waals surface area contributed by atoms with Crippen LogP contribution in [0.5, 0.6) is 5.75 Å². The maximum Gasteiger partial charge on any atom is 0.308 e. The van der Waals surface area contributed by atoms with Crippen molar-refractivity contribution in [3.63, 3.8) is 0 Å². The van der Waals surface area contributed by atoms with Gasteiger partial charge in [0.2, 0.25) is 11.8 Å². The zero-order valence-corrected chi connectivity index (χ0v) is 16.8. The van der Waals surface area contributed by atoms with Crippen LogP contribution >= 0.6 is 0 Å². The van der Waals surface area contributed by atoms with Crippen LogP contribution in [0.3, 0.4) is 0 Å². The monoisotopic (exact) mass is 409 g/mol. The van der Waals surface area contributed by atoms with Crippen LogP contribution in [0.25, 0.3) is 0 Å². The molecule has 1 heterocycles. The Morgan fingerprint density at radius 2 is 1.13 bits per heavy atom. The minimum Gasteiger partial charge on any atom is -0.427 e. The molecule has 3 aliphatic carbocycles. The summed E-state index contributed by atoms with van der Waals surface area (Å²) >= 11 is 0. The number of imide groups is 1. The lowest BCUT2D eigenvalue weighted by atomic mass is 9.55. The molecule has 3 aromatic carbocycles. The molecule has 2 bridgehead atoms. The molecule has 31 heavy (non-hydrogen) atoms. The number of esters is 1. The van der Waals surface area contributed by atoms with Gasteiger partial charge in [0.1, 0.15) is 5.75 Å². The summed E-state index contributed by atoms with van der Waals surface area (Å²) in [4.78, 5) is 39.8. The number of hydrogen-bond acceptors (Lipinski definition) is 4. The summed E-state index contributed by atoms with van der Waals surface area (Å²) in [5.74, 6) is -1.41. The summed E-state index contributed by atoms with van der Waals surface area (Å²) in [7, 11) is 0. The summed E-state index contributed by atoms with van der Waals surface area (Å²) in [6.07, 6.45) is 0. The first kappa shape index (κ1) is 18.1. The summed E-state index contributed by atoms with van der Waals surface area (Å²) in [6.45, 7) is 1.33. The van der Waals surface area contributed by atoms with Crippen LogP contribution in [0.1, 0.15) is 41.0 Å². The Morgan fingerprint density at radius 1 is 0.710 bits per heavy atom. The van der Waals surface area contributed by atoms with Gasteiger partial charge < -0.3 is 4.74 Å². The van der Waals surface area contributed by atoms with Gasteiger partial charge in [-0.15, -0.1) is 0 Å². The first-order valence-electron chi connectivity index (χ1n) is 10.4. The first-order chi connectivity index (χ1) is 15.1. The average molecular weight is 409 g/mol. The van der Waals surface area contributed by atoms with E-state index >= 15 is 0 Å². The number of nitrogens with zero attached hydrogens (tertiary/aromatic N) is 1. The molecule has 4 aliphatic rings. The molecule has 3 aromatic rings. The molecule has 2 atom stereocenters. The Labute approximate surface area is 179 Å². The van der Waals surface area contributed by atoms with E-state index in [1.54, 1.807) is 24.3 Å². The molecule has 152 valence electrons. The molecule has 5 nitrogen and oxygen atoms in total. The van der Waals surface area contributed by atoms with Crippen molar-refractivity contribution in [2.24, 2.45) is 11.8 Å². The third kappa shape index (κ3) is 2.40. The fourth-order valence-corrected chi connectivity index (χ4v) is 5.76. The Morgan fingerprint density at radius 3 is 1.52 bits per heavy atom. The lowest BCUT2D eigenvalue weighted by molar-refractivity contribution is -0.132. The molecule has 0 spiro atoms. The predicted molar refractivity (Wildman–Crippen MR) is 114 cm³/mol. The number of rotatable bonds is 2. The minimum absolute atomic E-state index is 0.121. The second-order valence-corrected chi connectivity index (χ2v) is 8.36. The van der Waals surface area contributed by atoms with E-state index < -0.39 is 17.8 Å². The fraction of sp³-hybridized carbons (Fsp3) is 0.192. The van der Waals surface area contributed by atoms with Crippen molar-refractivity contribution < 1.29 is 19.1 Å². The maximum absolute atomic E-state index is 13.6. The van der Waals surface area contributed by atoms with E-state index in [1.165, 1.54) is 11.8 Å². The van der Waals surface area contributed by atoms with Crippen LogP contribution in [0.4, 0.5) is 5.69 Å². The summed E-state index contributed by atoms with van der Waals surface area (Å²) < 4.78 is 5.08. The van der Waals surface area contributed by atoms with Gasteiger partial charge in [-0.25, -0.2) is 4.90 Å². The lowest BCUT2D eigenvalue weighted by Gasteiger charge is -2.45. The van der Waals surface area contributed by atoms with Gasteiger partial charge in [0.25, 0.3) is 0 Å². The molecule has 0 N–H and O–H groups in total. The summed E-state index contributed by atoms with van der Waals surface area (Å²) in [5.41, 5.74) is 5.12. The highest BCUT2D eigenvalue weighted by Crippen LogP contribution is 2.61. The number of amides is 2. The van der Waals surface area contributed by atoms with Gasteiger partial charge in [0.05, 0.1) is 17.5 Å². The Hall–Kier alpha value is -3.73. The van der Waals surface area contributed by atoms with Crippen molar-refractivity contribution in [3.05, 3.63) is 95.1 Å². The molecule has 0 aromatic heterocycles. The molecule has 0 unspecified atom stereocenters. The van der Waals surface area contributed by atoms with Crippen LogP contribution in [-0.2, 0) is 14.4 Å². The molecular formula is C26H19NO4. The molecular weight excluding hydrogens is 390 g/mol. The van der Waals surface area contributed by atoms with Crippen molar-refractivity contribution in [2.75, 3.05) is 4.90 Å². The molecule has 1 fully saturated rings. The highest BCUT2D eigenvalue weighted by atomic mass is 16.5. The molecule has 5 heteroatoms. The van der Waals surface area contributed by atoms with Crippen molar-refractivity contribution in [2.45, 2.75) is 18.8 Å². The standard InChI is InChI=1S/C26H19NO4/c1-14(28)31-16-12-10-15(11-13-16)27-25(29)23-21-17-6-2-3-7-18(17)22(24(23)26(27)30)20-9-5-4-8-19(20)21/h2-13,21-24H,1H3/t21?,22?,23-,24-/m0/s1. The highest BCUT2D eigenvalue weighted by molar-refractivity contribution is 6.23. The van der Waals surface area contributed by atoms with Gasteiger partial charge in [-0.1, -0.05) is 48.5 Å². The van der Waals surface area contributed by atoms with Gasteiger partial charge in [-0.2, -0.15) is 0 Å². The fourth-order valence-electron chi connectivity index (χ4n) is 5.76. The van der Waals surface area contributed by atoms with E-state index in [0.717, 1.165) is 22.3 Å². The summed E-state index contributed by atoms with van der Waals surface area (Å²) in [5, 5.41) is 0.